The molecule has 2 aromatic carbocycles. The van der Waals surface area contributed by atoms with E-state index >= 15 is 0 Å². The Hall–Kier alpha value is -2.47. The second-order valence-corrected chi connectivity index (χ2v) is 6.02. The molecule has 6 heteroatoms. The highest BCUT2D eigenvalue weighted by Crippen LogP contribution is 2.17. The van der Waals surface area contributed by atoms with Gasteiger partial charge in [-0.2, -0.15) is 11.8 Å². The molecule has 24 heavy (non-hydrogen) atoms. The summed E-state index contributed by atoms with van der Waals surface area (Å²) in [5.41, 5.74) is 3.03. The van der Waals surface area contributed by atoms with Gasteiger partial charge >= 0.3 is 6.03 Å². The molecule has 0 saturated heterocycles. The van der Waals surface area contributed by atoms with E-state index in [0.717, 1.165) is 5.75 Å². The average Bonchev–Trinajstić information content (AvgIpc) is 2.56. The quantitative estimate of drug-likeness (QED) is 0.744. The van der Waals surface area contributed by atoms with Crippen molar-refractivity contribution in [2.75, 3.05) is 23.4 Å². The molecule has 0 heterocycles. The maximum Gasteiger partial charge on any atom is 0.319 e. The number of carbonyl (C=O) groups excluding carboxylic acids is 2. The normalized spacial score (nSPS) is 10.1. The molecule has 0 radical (unpaired) electrons. The molecule has 3 N–H and O–H groups in total. The molecular formula is C18H21N3O2S. The van der Waals surface area contributed by atoms with Gasteiger partial charge in [-0.1, -0.05) is 18.2 Å². The van der Waals surface area contributed by atoms with Crippen molar-refractivity contribution in [3.63, 3.8) is 0 Å². The second kappa shape index (κ2) is 8.98. The number of hydrogen-bond donors (Lipinski definition) is 3. The van der Waals surface area contributed by atoms with Gasteiger partial charge in [-0.25, -0.2) is 4.79 Å². The van der Waals surface area contributed by atoms with Crippen molar-refractivity contribution >= 4 is 35.1 Å². The minimum absolute atomic E-state index is 0.180. The van der Waals surface area contributed by atoms with Crippen LogP contribution in [-0.4, -0.2) is 24.7 Å². The minimum atomic E-state index is -0.273. The third kappa shape index (κ3) is 5.31. The topological polar surface area (TPSA) is 70.2 Å². The van der Waals surface area contributed by atoms with Gasteiger partial charge in [0.25, 0.3) is 5.91 Å². The van der Waals surface area contributed by atoms with E-state index in [2.05, 4.69) is 16.0 Å². The molecule has 5 nitrogen and oxygen atoms in total. The zero-order valence-electron chi connectivity index (χ0n) is 13.8. The molecule has 0 saturated carbocycles. The van der Waals surface area contributed by atoms with Crippen LogP contribution in [0.5, 0.6) is 0 Å². The summed E-state index contributed by atoms with van der Waals surface area (Å²) in [6.45, 7) is 2.40. The van der Waals surface area contributed by atoms with Crippen LogP contribution in [-0.2, 0) is 5.75 Å². The van der Waals surface area contributed by atoms with Crippen LogP contribution in [0, 0.1) is 0 Å². The largest absolute Gasteiger partial charge is 0.338 e. The molecule has 0 atom stereocenters. The van der Waals surface area contributed by atoms with Crippen LogP contribution >= 0.6 is 11.8 Å². The number of hydrogen-bond acceptors (Lipinski definition) is 3. The molecule has 0 aliphatic heterocycles. The summed E-state index contributed by atoms with van der Waals surface area (Å²) >= 11 is 1.74. The predicted octanol–water partition coefficient (Wildman–Crippen LogP) is 3.94. The number of rotatable bonds is 6. The molecule has 0 aliphatic carbocycles. The van der Waals surface area contributed by atoms with Gasteiger partial charge in [-0.05, 0) is 49.1 Å². The van der Waals surface area contributed by atoms with Crippen molar-refractivity contribution in [1.29, 1.82) is 0 Å². The number of carbonyl (C=O) groups is 2. The highest BCUT2D eigenvalue weighted by molar-refractivity contribution is 7.97. The van der Waals surface area contributed by atoms with Crippen molar-refractivity contribution in [2.24, 2.45) is 0 Å². The van der Waals surface area contributed by atoms with E-state index in [-0.39, 0.29) is 11.9 Å². The summed E-state index contributed by atoms with van der Waals surface area (Å²) in [7, 11) is 0. The van der Waals surface area contributed by atoms with Crippen LogP contribution in [0.3, 0.4) is 0 Å². The van der Waals surface area contributed by atoms with Crippen LogP contribution in [0.15, 0.2) is 48.5 Å². The van der Waals surface area contributed by atoms with Gasteiger partial charge in [0, 0.05) is 29.2 Å². The summed E-state index contributed by atoms with van der Waals surface area (Å²) in [6.07, 6.45) is 2.04. The monoisotopic (exact) mass is 343 g/mol. The molecule has 0 fully saturated rings. The van der Waals surface area contributed by atoms with E-state index in [1.165, 1.54) is 5.56 Å². The number of anilines is 2. The Morgan fingerprint density at radius 2 is 1.67 bits per heavy atom. The number of thioether (sulfide) groups is 1. The maximum absolute atomic E-state index is 12.3. The molecular weight excluding hydrogens is 322 g/mol. The minimum Gasteiger partial charge on any atom is -0.338 e. The number of nitrogens with one attached hydrogen (secondary N) is 3. The van der Waals surface area contributed by atoms with Crippen molar-refractivity contribution in [3.8, 4) is 0 Å². The van der Waals surface area contributed by atoms with E-state index in [1.807, 2.05) is 37.4 Å². The smallest absolute Gasteiger partial charge is 0.319 e. The van der Waals surface area contributed by atoms with E-state index in [0.29, 0.717) is 23.5 Å². The Labute approximate surface area is 146 Å². The lowest BCUT2D eigenvalue weighted by molar-refractivity contribution is 0.102. The first-order valence-corrected chi connectivity index (χ1v) is 9.06. The van der Waals surface area contributed by atoms with E-state index < -0.39 is 0 Å². The SMILES string of the molecule is CCNC(=O)Nc1cccc(NC(=O)c2ccc(CSC)cc2)c1. The van der Waals surface area contributed by atoms with Gasteiger partial charge in [-0.3, -0.25) is 4.79 Å². The average molecular weight is 343 g/mol. The van der Waals surface area contributed by atoms with Crippen LogP contribution in [0.1, 0.15) is 22.8 Å². The Balaban J connectivity index is 2.02. The number of benzene rings is 2. The van der Waals surface area contributed by atoms with Crippen molar-refractivity contribution in [2.45, 2.75) is 12.7 Å². The lowest BCUT2D eigenvalue weighted by Gasteiger charge is -2.09. The third-order valence-electron chi connectivity index (χ3n) is 3.24. The summed E-state index contributed by atoms with van der Waals surface area (Å²) < 4.78 is 0. The fraction of sp³-hybridized carbons (Fsp3) is 0.222. The summed E-state index contributed by atoms with van der Waals surface area (Å²) in [5.74, 6) is 0.746. The fourth-order valence-electron chi connectivity index (χ4n) is 2.13. The van der Waals surface area contributed by atoms with Gasteiger partial charge in [0.05, 0.1) is 0 Å². The summed E-state index contributed by atoms with van der Waals surface area (Å²) in [5, 5.41) is 8.21. The third-order valence-corrected chi connectivity index (χ3v) is 3.86. The first kappa shape index (κ1) is 17.9. The fourth-order valence-corrected chi connectivity index (χ4v) is 2.66. The standard InChI is InChI=1S/C18H21N3O2S/c1-3-19-18(23)21-16-6-4-5-15(11-16)20-17(22)14-9-7-13(8-10-14)12-24-2/h4-11H,3,12H2,1-2H3,(H,20,22)(H2,19,21,23). The first-order valence-electron chi connectivity index (χ1n) is 7.66. The molecule has 0 unspecified atom stereocenters. The molecule has 3 amide bonds. The van der Waals surface area contributed by atoms with E-state index in [9.17, 15) is 9.59 Å². The molecule has 0 spiro atoms. The van der Waals surface area contributed by atoms with Crippen molar-refractivity contribution < 1.29 is 9.59 Å². The zero-order valence-corrected chi connectivity index (χ0v) is 14.6. The second-order valence-electron chi connectivity index (χ2n) is 5.15. The van der Waals surface area contributed by atoms with E-state index in [1.54, 1.807) is 36.0 Å². The molecule has 2 rings (SSSR count). The van der Waals surface area contributed by atoms with Gasteiger partial charge in [-0.15, -0.1) is 0 Å². The van der Waals surface area contributed by atoms with Gasteiger partial charge in [0.1, 0.15) is 0 Å². The van der Waals surface area contributed by atoms with Crippen LogP contribution in [0.4, 0.5) is 16.2 Å². The Bertz CT molecular complexity index is 702. The van der Waals surface area contributed by atoms with Crippen molar-refractivity contribution in [1.82, 2.24) is 5.32 Å². The molecule has 126 valence electrons. The summed E-state index contributed by atoms with van der Waals surface area (Å²) in [6, 6.07) is 14.3. The van der Waals surface area contributed by atoms with Gasteiger partial charge < -0.3 is 16.0 Å². The molecule has 2 aromatic rings. The Morgan fingerprint density at radius 3 is 2.29 bits per heavy atom. The maximum atomic E-state index is 12.3. The Morgan fingerprint density at radius 1 is 1.00 bits per heavy atom. The van der Waals surface area contributed by atoms with Gasteiger partial charge in [0.15, 0.2) is 0 Å². The molecule has 0 aromatic heterocycles. The summed E-state index contributed by atoms with van der Waals surface area (Å²) in [4.78, 5) is 23.8. The number of amides is 3. The van der Waals surface area contributed by atoms with Crippen LogP contribution in [0.2, 0.25) is 0 Å². The Kier molecular flexibility index (Phi) is 6.69. The predicted molar refractivity (Wildman–Crippen MR) is 101 cm³/mol. The van der Waals surface area contributed by atoms with Crippen molar-refractivity contribution in [3.05, 3.63) is 59.7 Å². The zero-order chi connectivity index (χ0) is 17.4. The first-order chi connectivity index (χ1) is 11.6. The molecule has 0 aliphatic rings. The molecule has 0 bridgehead atoms. The lowest BCUT2D eigenvalue weighted by atomic mass is 10.1. The number of urea groups is 1. The highest BCUT2D eigenvalue weighted by Gasteiger charge is 2.07. The van der Waals surface area contributed by atoms with Crippen LogP contribution < -0.4 is 16.0 Å². The van der Waals surface area contributed by atoms with E-state index in [4.69, 9.17) is 0 Å². The van der Waals surface area contributed by atoms with Gasteiger partial charge in [0.2, 0.25) is 0 Å². The highest BCUT2D eigenvalue weighted by atomic mass is 32.2. The van der Waals surface area contributed by atoms with Crippen LogP contribution in [0.25, 0.3) is 0 Å². The lowest BCUT2D eigenvalue weighted by Crippen LogP contribution is -2.28.